The van der Waals surface area contributed by atoms with Gasteiger partial charge >= 0.3 is 0 Å². The standard InChI is InChI=1S/C19H27N3S/c1-21(10-9-19-15-23-16-20-19)13-18-7-11-22(12-8-18)14-17-5-3-2-4-6-17/h2-6,15-16,18H,7-14H2,1H3. The zero-order chi connectivity index (χ0) is 15.9. The maximum absolute atomic E-state index is 4.37. The second-order valence-corrected chi connectivity index (χ2v) is 7.42. The quantitative estimate of drug-likeness (QED) is 0.775. The van der Waals surface area contributed by atoms with Crippen LogP contribution in [-0.4, -0.2) is 48.0 Å². The summed E-state index contributed by atoms with van der Waals surface area (Å²) in [5.41, 5.74) is 4.60. The number of rotatable bonds is 7. The number of thiazole rings is 1. The van der Waals surface area contributed by atoms with Crippen molar-refractivity contribution in [3.05, 3.63) is 52.5 Å². The van der Waals surface area contributed by atoms with Crippen LogP contribution in [0.2, 0.25) is 0 Å². The van der Waals surface area contributed by atoms with Crippen LogP contribution in [0.25, 0.3) is 0 Å². The number of likely N-dealkylation sites (N-methyl/N-ethyl adjacent to an activating group) is 1. The number of benzene rings is 1. The summed E-state index contributed by atoms with van der Waals surface area (Å²) in [5.74, 6) is 0.849. The van der Waals surface area contributed by atoms with E-state index in [1.807, 2.05) is 5.51 Å². The monoisotopic (exact) mass is 329 g/mol. The normalized spacial score (nSPS) is 17.0. The molecule has 0 N–H and O–H groups in total. The van der Waals surface area contributed by atoms with Crippen molar-refractivity contribution < 1.29 is 0 Å². The van der Waals surface area contributed by atoms with Crippen LogP contribution in [0.5, 0.6) is 0 Å². The van der Waals surface area contributed by atoms with Crippen molar-refractivity contribution in [2.45, 2.75) is 25.8 Å². The van der Waals surface area contributed by atoms with E-state index in [1.54, 1.807) is 11.3 Å². The molecule has 0 amide bonds. The summed E-state index contributed by atoms with van der Waals surface area (Å²) >= 11 is 1.69. The van der Waals surface area contributed by atoms with Crippen LogP contribution in [0.3, 0.4) is 0 Å². The second kappa shape index (κ2) is 8.57. The molecule has 1 aliphatic rings. The summed E-state index contributed by atoms with van der Waals surface area (Å²) in [4.78, 5) is 9.45. The van der Waals surface area contributed by atoms with E-state index in [-0.39, 0.29) is 0 Å². The van der Waals surface area contributed by atoms with Crippen molar-refractivity contribution in [3.63, 3.8) is 0 Å². The molecule has 124 valence electrons. The first-order valence-electron chi connectivity index (χ1n) is 8.61. The van der Waals surface area contributed by atoms with Crippen molar-refractivity contribution in [2.75, 3.05) is 33.2 Å². The lowest BCUT2D eigenvalue weighted by Crippen LogP contribution is -2.37. The molecule has 1 fully saturated rings. The van der Waals surface area contributed by atoms with Crippen LogP contribution >= 0.6 is 11.3 Å². The lowest BCUT2D eigenvalue weighted by Gasteiger charge is -2.34. The molecule has 0 bridgehead atoms. The molecule has 0 saturated carbocycles. The molecule has 1 saturated heterocycles. The maximum atomic E-state index is 4.37. The SMILES string of the molecule is CN(CCc1cscn1)CC1CCN(Cc2ccccc2)CC1. The van der Waals surface area contributed by atoms with Crippen LogP contribution in [0, 0.1) is 5.92 Å². The average molecular weight is 330 g/mol. The van der Waals surface area contributed by atoms with Gasteiger partial charge in [0.25, 0.3) is 0 Å². The third-order valence-electron chi connectivity index (χ3n) is 4.76. The molecule has 0 spiro atoms. The molecule has 0 unspecified atom stereocenters. The molecule has 2 aromatic rings. The molecular formula is C19H27N3S. The summed E-state index contributed by atoms with van der Waals surface area (Å²) in [7, 11) is 2.25. The summed E-state index contributed by atoms with van der Waals surface area (Å²) in [5, 5.41) is 2.16. The van der Waals surface area contributed by atoms with Gasteiger partial charge in [-0.15, -0.1) is 11.3 Å². The zero-order valence-corrected chi connectivity index (χ0v) is 14.8. The van der Waals surface area contributed by atoms with E-state index in [4.69, 9.17) is 0 Å². The van der Waals surface area contributed by atoms with Crippen LogP contribution in [0.1, 0.15) is 24.1 Å². The molecule has 1 aromatic heterocycles. The minimum Gasteiger partial charge on any atom is -0.306 e. The fourth-order valence-corrected chi connectivity index (χ4v) is 3.96. The highest BCUT2D eigenvalue weighted by atomic mass is 32.1. The van der Waals surface area contributed by atoms with E-state index in [9.17, 15) is 0 Å². The summed E-state index contributed by atoms with van der Waals surface area (Å²) in [6, 6.07) is 10.8. The molecule has 0 radical (unpaired) electrons. The third kappa shape index (κ3) is 5.41. The highest BCUT2D eigenvalue weighted by Gasteiger charge is 2.20. The molecule has 4 heteroatoms. The van der Waals surface area contributed by atoms with Gasteiger partial charge in [0, 0.05) is 31.4 Å². The summed E-state index contributed by atoms with van der Waals surface area (Å²) < 4.78 is 0. The Morgan fingerprint density at radius 2 is 2.00 bits per heavy atom. The Labute approximate surface area is 144 Å². The Morgan fingerprint density at radius 1 is 1.22 bits per heavy atom. The highest BCUT2D eigenvalue weighted by Crippen LogP contribution is 2.20. The van der Waals surface area contributed by atoms with E-state index < -0.39 is 0 Å². The lowest BCUT2D eigenvalue weighted by molar-refractivity contribution is 0.149. The number of likely N-dealkylation sites (tertiary alicyclic amines) is 1. The Balaban J connectivity index is 1.35. The molecule has 0 aliphatic carbocycles. The van der Waals surface area contributed by atoms with Gasteiger partial charge in [-0.1, -0.05) is 30.3 Å². The van der Waals surface area contributed by atoms with E-state index >= 15 is 0 Å². The minimum atomic E-state index is 0.849. The van der Waals surface area contributed by atoms with Crippen molar-refractivity contribution in [1.29, 1.82) is 0 Å². The summed E-state index contributed by atoms with van der Waals surface area (Å²) in [6.07, 6.45) is 3.73. The minimum absolute atomic E-state index is 0.849. The summed E-state index contributed by atoms with van der Waals surface area (Å²) in [6.45, 7) is 5.92. The van der Waals surface area contributed by atoms with E-state index in [0.29, 0.717) is 0 Å². The number of hydrogen-bond acceptors (Lipinski definition) is 4. The predicted octanol–water partition coefficient (Wildman–Crippen LogP) is 3.53. The van der Waals surface area contributed by atoms with Crippen molar-refractivity contribution in [3.8, 4) is 0 Å². The first-order chi connectivity index (χ1) is 11.3. The van der Waals surface area contributed by atoms with Gasteiger partial charge in [-0.3, -0.25) is 4.90 Å². The van der Waals surface area contributed by atoms with Crippen LogP contribution in [0.15, 0.2) is 41.2 Å². The molecule has 23 heavy (non-hydrogen) atoms. The Morgan fingerprint density at radius 3 is 2.70 bits per heavy atom. The fourth-order valence-electron chi connectivity index (χ4n) is 3.37. The molecule has 2 heterocycles. The van der Waals surface area contributed by atoms with Crippen molar-refractivity contribution in [1.82, 2.24) is 14.8 Å². The van der Waals surface area contributed by atoms with Gasteiger partial charge in [-0.05, 0) is 44.5 Å². The number of hydrogen-bond donors (Lipinski definition) is 0. The second-order valence-electron chi connectivity index (χ2n) is 6.70. The van der Waals surface area contributed by atoms with Crippen molar-refractivity contribution in [2.24, 2.45) is 5.92 Å². The molecule has 1 aromatic carbocycles. The first-order valence-corrected chi connectivity index (χ1v) is 9.56. The molecule has 0 atom stereocenters. The van der Waals surface area contributed by atoms with Gasteiger partial charge in [0.2, 0.25) is 0 Å². The largest absolute Gasteiger partial charge is 0.306 e. The zero-order valence-electron chi connectivity index (χ0n) is 14.0. The smallest absolute Gasteiger partial charge is 0.0794 e. The average Bonchev–Trinajstić information content (AvgIpc) is 3.09. The van der Waals surface area contributed by atoms with E-state index in [1.165, 1.54) is 43.7 Å². The van der Waals surface area contributed by atoms with E-state index in [0.717, 1.165) is 25.4 Å². The Bertz CT molecular complexity index is 547. The van der Waals surface area contributed by atoms with Crippen LogP contribution in [-0.2, 0) is 13.0 Å². The van der Waals surface area contributed by atoms with Gasteiger partial charge in [-0.25, -0.2) is 4.98 Å². The molecule has 3 rings (SSSR count). The Kier molecular flexibility index (Phi) is 6.20. The number of aromatic nitrogens is 1. The molecule has 1 aliphatic heterocycles. The van der Waals surface area contributed by atoms with Crippen LogP contribution < -0.4 is 0 Å². The highest BCUT2D eigenvalue weighted by molar-refractivity contribution is 7.07. The van der Waals surface area contributed by atoms with Gasteiger partial charge in [-0.2, -0.15) is 0 Å². The number of piperidine rings is 1. The van der Waals surface area contributed by atoms with Crippen LogP contribution in [0.4, 0.5) is 0 Å². The van der Waals surface area contributed by atoms with Gasteiger partial charge in [0.15, 0.2) is 0 Å². The fraction of sp³-hybridized carbons (Fsp3) is 0.526. The molecular weight excluding hydrogens is 302 g/mol. The van der Waals surface area contributed by atoms with Gasteiger partial charge in [0.05, 0.1) is 11.2 Å². The van der Waals surface area contributed by atoms with Gasteiger partial charge in [0.1, 0.15) is 0 Å². The third-order valence-corrected chi connectivity index (χ3v) is 5.39. The molecule has 3 nitrogen and oxygen atoms in total. The topological polar surface area (TPSA) is 19.4 Å². The predicted molar refractivity (Wildman–Crippen MR) is 97.8 cm³/mol. The van der Waals surface area contributed by atoms with E-state index in [2.05, 4.69) is 57.5 Å². The lowest BCUT2D eigenvalue weighted by atomic mass is 9.96. The maximum Gasteiger partial charge on any atom is 0.0794 e. The Hall–Kier alpha value is -1.23. The van der Waals surface area contributed by atoms with Gasteiger partial charge < -0.3 is 4.90 Å². The van der Waals surface area contributed by atoms with Crippen molar-refractivity contribution >= 4 is 11.3 Å². The number of nitrogens with zero attached hydrogens (tertiary/aromatic N) is 3. The first kappa shape index (κ1) is 16.6.